The average molecular weight is 381 g/mol. The van der Waals surface area contributed by atoms with Gasteiger partial charge in [0.05, 0.1) is 0 Å². The molecule has 27 heavy (non-hydrogen) atoms. The van der Waals surface area contributed by atoms with Crippen LogP contribution in [-0.2, 0) is 9.53 Å². The summed E-state index contributed by atoms with van der Waals surface area (Å²) in [5.74, 6) is -1.70. The summed E-state index contributed by atoms with van der Waals surface area (Å²) in [6.45, 7) is 1.87. The topological polar surface area (TPSA) is 89.6 Å². The molecule has 0 radical (unpaired) electrons. The van der Waals surface area contributed by atoms with Crippen LogP contribution in [0.3, 0.4) is 0 Å². The number of nitrogen functional groups attached to an aromatic ring is 1. The Balaban J connectivity index is 2.42. The van der Waals surface area contributed by atoms with Crippen LogP contribution in [0.4, 0.5) is 18.9 Å². The maximum absolute atomic E-state index is 12.6. The second-order valence-electron chi connectivity index (χ2n) is 5.90. The second kappa shape index (κ2) is 8.11. The van der Waals surface area contributed by atoms with Gasteiger partial charge in [-0.1, -0.05) is 12.7 Å². The van der Waals surface area contributed by atoms with E-state index < -0.39 is 24.3 Å². The summed E-state index contributed by atoms with van der Waals surface area (Å²) in [6.07, 6.45) is -1.35. The molecule has 0 fully saturated rings. The van der Waals surface area contributed by atoms with Gasteiger partial charge in [0.1, 0.15) is 17.1 Å². The molecule has 0 saturated carbocycles. The highest BCUT2D eigenvalue weighted by atomic mass is 19.4. The van der Waals surface area contributed by atoms with Gasteiger partial charge in [-0.2, -0.15) is 13.2 Å². The quantitative estimate of drug-likeness (QED) is 0.254. The first kappa shape index (κ1) is 20.3. The Bertz CT molecular complexity index is 838. The van der Waals surface area contributed by atoms with Gasteiger partial charge >= 0.3 is 6.18 Å². The van der Waals surface area contributed by atoms with Crippen molar-refractivity contribution in [2.45, 2.75) is 25.4 Å². The Morgan fingerprint density at radius 3 is 2.63 bits per heavy atom. The summed E-state index contributed by atoms with van der Waals surface area (Å²) in [5.41, 5.74) is 5.64. The summed E-state index contributed by atoms with van der Waals surface area (Å²) in [6, 6.07) is 3.88. The molecule has 0 bridgehead atoms. The standard InChI is InChI=1S/C19H18F3NO4/c1-2-4-16(27-10-19(20,21)22)12-9-11(7-8-13(12)23)18(26)17-14(24)5-3-6-15(17)25/h2,4,7-9,24H,1,3,5-6,10,23H2/b16-4+. The number of halogens is 3. The Kier molecular flexibility index (Phi) is 6.09. The lowest BCUT2D eigenvalue weighted by Crippen LogP contribution is -2.20. The van der Waals surface area contributed by atoms with Gasteiger partial charge in [0.15, 0.2) is 18.2 Å². The number of anilines is 1. The fourth-order valence-corrected chi connectivity index (χ4v) is 2.62. The number of hydrogen-bond donors (Lipinski definition) is 2. The zero-order chi connectivity index (χ0) is 20.2. The van der Waals surface area contributed by atoms with E-state index >= 15 is 0 Å². The predicted molar refractivity (Wildman–Crippen MR) is 93.9 cm³/mol. The van der Waals surface area contributed by atoms with Crippen molar-refractivity contribution in [1.82, 2.24) is 0 Å². The zero-order valence-corrected chi connectivity index (χ0v) is 14.3. The van der Waals surface area contributed by atoms with Crippen molar-refractivity contribution in [3.8, 4) is 0 Å². The molecule has 1 aliphatic carbocycles. The van der Waals surface area contributed by atoms with E-state index in [0.29, 0.717) is 6.42 Å². The molecule has 0 atom stereocenters. The van der Waals surface area contributed by atoms with E-state index in [1.807, 2.05) is 0 Å². The summed E-state index contributed by atoms with van der Waals surface area (Å²) in [7, 11) is 0. The molecule has 1 aromatic carbocycles. The Morgan fingerprint density at radius 2 is 2.04 bits per heavy atom. The molecule has 8 heteroatoms. The van der Waals surface area contributed by atoms with Gasteiger partial charge in [0, 0.05) is 29.7 Å². The lowest BCUT2D eigenvalue weighted by atomic mass is 9.89. The number of Topliss-reactive ketones (excluding diaryl/α,β-unsaturated/α-hetero) is 2. The molecular formula is C19H18F3NO4. The largest absolute Gasteiger partial charge is 0.511 e. The molecule has 0 aromatic heterocycles. The van der Waals surface area contributed by atoms with Crippen molar-refractivity contribution in [2.75, 3.05) is 12.3 Å². The monoisotopic (exact) mass is 381 g/mol. The number of hydrogen-bond acceptors (Lipinski definition) is 5. The summed E-state index contributed by atoms with van der Waals surface area (Å²) < 4.78 is 42.2. The smallest absolute Gasteiger partial charge is 0.422 e. The number of aliphatic hydroxyl groups is 1. The molecule has 0 unspecified atom stereocenters. The average Bonchev–Trinajstić information content (AvgIpc) is 2.58. The molecule has 144 valence electrons. The summed E-state index contributed by atoms with van der Waals surface area (Å²) in [4.78, 5) is 24.6. The van der Waals surface area contributed by atoms with Crippen LogP contribution in [0.1, 0.15) is 35.2 Å². The van der Waals surface area contributed by atoms with E-state index in [0.717, 1.165) is 0 Å². The molecule has 0 amide bonds. The van der Waals surface area contributed by atoms with Crippen LogP contribution in [0, 0.1) is 0 Å². The number of aliphatic hydroxyl groups excluding tert-OH is 1. The number of nitrogens with two attached hydrogens (primary N) is 1. The third-order valence-corrected chi connectivity index (χ3v) is 3.85. The maximum atomic E-state index is 12.6. The molecule has 1 aromatic rings. The van der Waals surface area contributed by atoms with Crippen molar-refractivity contribution in [2.24, 2.45) is 0 Å². The number of benzene rings is 1. The number of ether oxygens (including phenoxy) is 1. The highest BCUT2D eigenvalue weighted by Crippen LogP contribution is 2.29. The minimum absolute atomic E-state index is 0.00145. The predicted octanol–water partition coefficient (Wildman–Crippen LogP) is 4.12. The van der Waals surface area contributed by atoms with E-state index in [-0.39, 0.29) is 46.7 Å². The van der Waals surface area contributed by atoms with Crippen LogP contribution < -0.4 is 5.73 Å². The van der Waals surface area contributed by atoms with Gasteiger partial charge in [0.25, 0.3) is 0 Å². The number of allylic oxidation sites excluding steroid dienone is 4. The molecule has 2 rings (SSSR count). The highest BCUT2D eigenvalue weighted by molar-refractivity contribution is 6.27. The van der Waals surface area contributed by atoms with Gasteiger partial charge in [-0.15, -0.1) is 0 Å². The Labute approximate surface area is 153 Å². The molecule has 0 saturated heterocycles. The first-order valence-corrected chi connectivity index (χ1v) is 8.06. The fourth-order valence-electron chi connectivity index (χ4n) is 2.62. The van der Waals surface area contributed by atoms with Crippen LogP contribution in [-0.4, -0.2) is 29.5 Å². The van der Waals surface area contributed by atoms with E-state index in [9.17, 15) is 27.9 Å². The highest BCUT2D eigenvalue weighted by Gasteiger charge is 2.30. The van der Waals surface area contributed by atoms with Crippen LogP contribution in [0.5, 0.6) is 0 Å². The second-order valence-corrected chi connectivity index (χ2v) is 5.90. The maximum Gasteiger partial charge on any atom is 0.422 e. The van der Waals surface area contributed by atoms with Crippen molar-refractivity contribution < 1.29 is 32.6 Å². The molecular weight excluding hydrogens is 363 g/mol. The van der Waals surface area contributed by atoms with Crippen LogP contribution in [0.2, 0.25) is 0 Å². The zero-order valence-electron chi connectivity index (χ0n) is 14.3. The van der Waals surface area contributed by atoms with Crippen molar-refractivity contribution >= 4 is 23.0 Å². The van der Waals surface area contributed by atoms with Gasteiger partial charge in [-0.3, -0.25) is 9.59 Å². The fraction of sp³-hybridized carbons (Fsp3) is 0.263. The number of carbonyl (C=O) groups excluding carboxylic acids is 2. The first-order valence-electron chi connectivity index (χ1n) is 8.06. The van der Waals surface area contributed by atoms with Crippen molar-refractivity contribution in [3.63, 3.8) is 0 Å². The normalized spacial score (nSPS) is 15.7. The number of alkyl halides is 3. The van der Waals surface area contributed by atoms with Crippen molar-refractivity contribution in [3.05, 3.63) is 59.4 Å². The van der Waals surface area contributed by atoms with Crippen molar-refractivity contribution in [1.29, 1.82) is 0 Å². The molecule has 0 spiro atoms. The van der Waals surface area contributed by atoms with Gasteiger partial charge in [0.2, 0.25) is 0 Å². The first-order chi connectivity index (χ1) is 12.6. The lowest BCUT2D eigenvalue weighted by Gasteiger charge is -2.17. The Morgan fingerprint density at radius 1 is 1.33 bits per heavy atom. The van der Waals surface area contributed by atoms with Gasteiger partial charge in [-0.05, 0) is 30.7 Å². The minimum Gasteiger partial charge on any atom is -0.511 e. The SMILES string of the molecule is C=C/C=C(/OCC(F)(F)F)c1cc(C(=O)C2=C(O)CCCC2=O)ccc1N. The van der Waals surface area contributed by atoms with Crippen LogP contribution >= 0.6 is 0 Å². The summed E-state index contributed by atoms with van der Waals surface area (Å²) in [5, 5.41) is 9.90. The van der Waals surface area contributed by atoms with Crippen LogP contribution in [0.15, 0.2) is 48.3 Å². The van der Waals surface area contributed by atoms with Gasteiger partial charge < -0.3 is 15.6 Å². The molecule has 3 N–H and O–H groups in total. The van der Waals surface area contributed by atoms with Crippen LogP contribution in [0.25, 0.3) is 5.76 Å². The number of rotatable bonds is 6. The van der Waals surface area contributed by atoms with E-state index in [1.54, 1.807) is 0 Å². The van der Waals surface area contributed by atoms with Gasteiger partial charge in [-0.25, -0.2) is 0 Å². The number of ketones is 2. The molecule has 0 heterocycles. The van der Waals surface area contributed by atoms with E-state index in [4.69, 9.17) is 10.5 Å². The molecule has 5 nitrogen and oxygen atoms in total. The molecule has 0 aliphatic heterocycles. The van der Waals surface area contributed by atoms with E-state index in [1.165, 1.54) is 30.4 Å². The Hall–Kier alpha value is -3.03. The number of carbonyl (C=O) groups is 2. The summed E-state index contributed by atoms with van der Waals surface area (Å²) >= 11 is 0. The third kappa shape index (κ3) is 4.99. The minimum atomic E-state index is -4.56. The third-order valence-electron chi connectivity index (χ3n) is 3.85. The molecule has 1 aliphatic rings. The van der Waals surface area contributed by atoms with E-state index in [2.05, 4.69) is 6.58 Å². The lowest BCUT2D eigenvalue weighted by molar-refractivity contribution is -0.158.